The number of aryl methyl sites for hydroxylation is 2. The summed E-state index contributed by atoms with van der Waals surface area (Å²) in [5.41, 5.74) is 7.72. The van der Waals surface area contributed by atoms with Crippen molar-refractivity contribution in [3.05, 3.63) is 28.3 Å². The molecular formula is C12H17ClN4O. The summed E-state index contributed by atoms with van der Waals surface area (Å²) in [6.07, 6.45) is 1.63. The highest BCUT2D eigenvalue weighted by Crippen LogP contribution is 2.28. The van der Waals surface area contributed by atoms with Crippen LogP contribution in [-0.2, 0) is 12.8 Å². The van der Waals surface area contributed by atoms with Crippen LogP contribution in [0.3, 0.4) is 0 Å². The van der Waals surface area contributed by atoms with Crippen molar-refractivity contribution in [2.75, 3.05) is 5.32 Å². The number of urea groups is 1. The van der Waals surface area contributed by atoms with Gasteiger partial charge in [-0.3, -0.25) is 10.7 Å². The Morgan fingerprint density at radius 1 is 1.39 bits per heavy atom. The minimum atomic E-state index is -0.566. The number of nitrogens with one attached hydrogen (secondary N) is 3. The summed E-state index contributed by atoms with van der Waals surface area (Å²) in [5.74, 6) is -0.410. The molecule has 0 aliphatic heterocycles. The van der Waals surface area contributed by atoms with E-state index in [2.05, 4.69) is 10.6 Å². The fourth-order valence-corrected chi connectivity index (χ4v) is 1.92. The zero-order chi connectivity index (χ0) is 13.7. The molecule has 1 aromatic carbocycles. The molecule has 0 unspecified atom stereocenters. The van der Waals surface area contributed by atoms with Crippen molar-refractivity contribution in [3.63, 3.8) is 0 Å². The van der Waals surface area contributed by atoms with Crippen LogP contribution in [0.1, 0.15) is 25.0 Å². The number of amides is 2. The van der Waals surface area contributed by atoms with E-state index in [4.69, 9.17) is 22.7 Å². The average molecular weight is 269 g/mol. The van der Waals surface area contributed by atoms with Crippen LogP contribution in [0.5, 0.6) is 0 Å². The molecule has 5 N–H and O–H groups in total. The van der Waals surface area contributed by atoms with E-state index < -0.39 is 12.0 Å². The van der Waals surface area contributed by atoms with Gasteiger partial charge in [-0.1, -0.05) is 31.5 Å². The van der Waals surface area contributed by atoms with E-state index in [1.54, 1.807) is 0 Å². The Labute approximate surface area is 111 Å². The predicted molar refractivity (Wildman–Crippen MR) is 74.3 cm³/mol. The summed E-state index contributed by atoms with van der Waals surface area (Å²) in [5, 5.41) is 12.2. The molecular weight excluding hydrogens is 252 g/mol. The van der Waals surface area contributed by atoms with Gasteiger partial charge in [0.15, 0.2) is 5.96 Å². The highest BCUT2D eigenvalue weighted by atomic mass is 35.5. The van der Waals surface area contributed by atoms with Gasteiger partial charge in [0.1, 0.15) is 0 Å². The van der Waals surface area contributed by atoms with Crippen molar-refractivity contribution in [1.29, 1.82) is 5.41 Å². The van der Waals surface area contributed by atoms with E-state index in [1.165, 1.54) is 0 Å². The summed E-state index contributed by atoms with van der Waals surface area (Å²) in [4.78, 5) is 11.5. The zero-order valence-electron chi connectivity index (χ0n) is 10.4. The number of benzene rings is 1. The first-order chi connectivity index (χ1) is 8.47. The minimum Gasteiger partial charge on any atom is -0.370 e. The fourth-order valence-electron chi connectivity index (χ4n) is 1.62. The summed E-state index contributed by atoms with van der Waals surface area (Å²) in [6, 6.07) is 3.27. The SMILES string of the molecule is CCc1cc(Cl)c(NC(=O)NC(=N)N)c(CC)c1. The van der Waals surface area contributed by atoms with Crippen LogP contribution in [0.4, 0.5) is 10.5 Å². The number of anilines is 1. The largest absolute Gasteiger partial charge is 0.370 e. The normalized spacial score (nSPS) is 9.94. The van der Waals surface area contributed by atoms with Crippen molar-refractivity contribution in [3.8, 4) is 0 Å². The highest BCUT2D eigenvalue weighted by molar-refractivity contribution is 6.34. The van der Waals surface area contributed by atoms with Gasteiger partial charge in [0.05, 0.1) is 10.7 Å². The molecule has 0 aromatic heterocycles. The molecule has 0 spiro atoms. The number of rotatable bonds is 3. The molecule has 1 rings (SSSR count). The first-order valence-corrected chi connectivity index (χ1v) is 6.09. The summed E-state index contributed by atoms with van der Waals surface area (Å²) in [7, 11) is 0. The molecule has 2 amide bonds. The van der Waals surface area contributed by atoms with Gasteiger partial charge in [-0.2, -0.15) is 0 Å². The molecule has 98 valence electrons. The number of hydrogen-bond acceptors (Lipinski definition) is 2. The van der Waals surface area contributed by atoms with E-state index >= 15 is 0 Å². The Hall–Kier alpha value is -1.75. The molecule has 0 aliphatic rings. The fraction of sp³-hybridized carbons (Fsp3) is 0.333. The molecule has 0 saturated heterocycles. The van der Waals surface area contributed by atoms with Crippen molar-refractivity contribution >= 4 is 29.3 Å². The molecule has 0 fully saturated rings. The molecule has 0 aliphatic carbocycles. The second-order valence-corrected chi connectivity index (χ2v) is 4.22. The summed E-state index contributed by atoms with van der Waals surface area (Å²) >= 11 is 6.15. The zero-order valence-corrected chi connectivity index (χ0v) is 11.2. The van der Waals surface area contributed by atoms with E-state index in [1.807, 2.05) is 26.0 Å². The van der Waals surface area contributed by atoms with Crippen molar-refractivity contribution in [1.82, 2.24) is 5.32 Å². The van der Waals surface area contributed by atoms with Crippen LogP contribution in [0.25, 0.3) is 0 Å². The lowest BCUT2D eigenvalue weighted by Crippen LogP contribution is -2.38. The Bertz CT molecular complexity index is 473. The second kappa shape index (κ2) is 6.26. The topological polar surface area (TPSA) is 91.0 Å². The lowest BCUT2D eigenvalue weighted by molar-refractivity contribution is 0.256. The smallest absolute Gasteiger partial charge is 0.326 e. The van der Waals surface area contributed by atoms with Crippen LogP contribution in [0.2, 0.25) is 5.02 Å². The Balaban J connectivity index is 3.00. The van der Waals surface area contributed by atoms with Crippen LogP contribution < -0.4 is 16.4 Å². The Morgan fingerprint density at radius 2 is 2.06 bits per heavy atom. The third-order valence-electron chi connectivity index (χ3n) is 2.51. The van der Waals surface area contributed by atoms with Crippen LogP contribution in [0, 0.1) is 5.41 Å². The Morgan fingerprint density at radius 3 is 2.56 bits per heavy atom. The van der Waals surface area contributed by atoms with Gasteiger partial charge in [-0.25, -0.2) is 4.79 Å². The monoisotopic (exact) mass is 268 g/mol. The van der Waals surface area contributed by atoms with Gasteiger partial charge in [-0.15, -0.1) is 0 Å². The molecule has 5 nitrogen and oxygen atoms in total. The van der Waals surface area contributed by atoms with Crippen LogP contribution in [-0.4, -0.2) is 12.0 Å². The standard InChI is InChI=1S/C12H17ClN4O/c1-3-7-5-8(4-2)10(9(13)6-7)16-12(18)17-11(14)15/h5-6H,3-4H2,1-2H3,(H5,14,15,16,17,18). The lowest BCUT2D eigenvalue weighted by Gasteiger charge is -2.14. The molecule has 6 heteroatoms. The van der Waals surface area contributed by atoms with E-state index in [0.29, 0.717) is 10.7 Å². The number of carbonyl (C=O) groups excluding carboxylic acids is 1. The number of guanidine groups is 1. The van der Waals surface area contributed by atoms with Crippen molar-refractivity contribution in [2.24, 2.45) is 5.73 Å². The maximum atomic E-state index is 11.5. The number of hydrogen-bond donors (Lipinski definition) is 4. The average Bonchev–Trinajstić information content (AvgIpc) is 2.30. The molecule has 0 radical (unpaired) electrons. The van der Waals surface area contributed by atoms with Crippen LogP contribution in [0.15, 0.2) is 12.1 Å². The van der Waals surface area contributed by atoms with Gasteiger partial charge in [0.25, 0.3) is 0 Å². The Kier molecular flexibility index (Phi) is 4.97. The molecule has 1 aromatic rings. The lowest BCUT2D eigenvalue weighted by atomic mass is 10.0. The van der Waals surface area contributed by atoms with Gasteiger partial charge < -0.3 is 11.1 Å². The van der Waals surface area contributed by atoms with Crippen molar-refractivity contribution in [2.45, 2.75) is 26.7 Å². The third kappa shape index (κ3) is 3.63. The quantitative estimate of drug-likeness (QED) is 0.501. The molecule has 0 heterocycles. The van der Waals surface area contributed by atoms with Gasteiger partial charge >= 0.3 is 6.03 Å². The highest BCUT2D eigenvalue weighted by Gasteiger charge is 2.11. The second-order valence-electron chi connectivity index (χ2n) is 3.81. The molecule has 18 heavy (non-hydrogen) atoms. The number of nitrogens with two attached hydrogens (primary N) is 1. The first kappa shape index (κ1) is 14.3. The van der Waals surface area contributed by atoms with E-state index in [-0.39, 0.29) is 0 Å². The van der Waals surface area contributed by atoms with E-state index in [9.17, 15) is 4.79 Å². The molecule has 0 bridgehead atoms. The minimum absolute atomic E-state index is 0.410. The number of carbonyl (C=O) groups is 1. The maximum absolute atomic E-state index is 11.5. The summed E-state index contributed by atoms with van der Waals surface area (Å²) in [6.45, 7) is 4.03. The van der Waals surface area contributed by atoms with Gasteiger partial charge in [0, 0.05) is 0 Å². The van der Waals surface area contributed by atoms with Crippen molar-refractivity contribution < 1.29 is 4.79 Å². The molecule has 0 saturated carbocycles. The molecule has 0 atom stereocenters. The first-order valence-electron chi connectivity index (χ1n) is 5.71. The van der Waals surface area contributed by atoms with E-state index in [0.717, 1.165) is 24.0 Å². The maximum Gasteiger partial charge on any atom is 0.326 e. The third-order valence-corrected chi connectivity index (χ3v) is 2.81. The number of halogens is 1. The van der Waals surface area contributed by atoms with Crippen LogP contribution >= 0.6 is 11.6 Å². The summed E-state index contributed by atoms with van der Waals surface area (Å²) < 4.78 is 0. The van der Waals surface area contributed by atoms with Gasteiger partial charge in [-0.05, 0) is 30.0 Å². The van der Waals surface area contributed by atoms with Gasteiger partial charge in [0.2, 0.25) is 0 Å². The predicted octanol–water partition coefficient (Wildman–Crippen LogP) is 2.48.